The van der Waals surface area contributed by atoms with E-state index in [1.54, 1.807) is 30.5 Å². The van der Waals surface area contributed by atoms with Gasteiger partial charge in [0.25, 0.3) is 5.91 Å². The molecule has 3 heterocycles. The van der Waals surface area contributed by atoms with Crippen LogP contribution in [0.3, 0.4) is 0 Å². The van der Waals surface area contributed by atoms with Crippen LogP contribution in [0.5, 0.6) is 0 Å². The fourth-order valence-corrected chi connectivity index (χ4v) is 3.99. The van der Waals surface area contributed by atoms with Crippen LogP contribution in [0.4, 0.5) is 28.0 Å². The maximum absolute atomic E-state index is 12.7. The number of carbonyl (C=O) groups is 1. The molecule has 3 N–H and O–H groups in total. The number of nitrogen functional groups attached to an aromatic ring is 1. The number of aromatic nitrogens is 3. The van der Waals surface area contributed by atoms with Gasteiger partial charge in [0.15, 0.2) is 5.13 Å². The third kappa shape index (κ3) is 3.60. The summed E-state index contributed by atoms with van der Waals surface area (Å²) in [5, 5.41) is 5.59. The van der Waals surface area contributed by atoms with Crippen molar-refractivity contribution < 1.29 is 4.79 Å². The van der Waals surface area contributed by atoms with E-state index in [0.717, 1.165) is 22.3 Å². The topological polar surface area (TPSA) is 88.5 Å². The smallest absolute Gasteiger partial charge is 0.255 e. The van der Waals surface area contributed by atoms with Crippen molar-refractivity contribution in [3.8, 4) is 0 Å². The molecule has 0 spiro atoms. The van der Waals surface area contributed by atoms with Gasteiger partial charge in [0.05, 0.1) is 17.6 Å². The number of carbonyl (C=O) groups excluding carboxylic acids is 1. The van der Waals surface area contributed by atoms with Gasteiger partial charge in [0.1, 0.15) is 11.5 Å². The van der Waals surface area contributed by atoms with Gasteiger partial charge in [-0.15, -0.1) is 11.3 Å². The highest BCUT2D eigenvalue weighted by molar-refractivity contribution is 7.13. The number of amides is 1. The molecule has 0 aliphatic rings. The van der Waals surface area contributed by atoms with E-state index in [4.69, 9.17) is 5.73 Å². The molecule has 0 aliphatic heterocycles. The molecule has 7 nitrogen and oxygen atoms in total. The summed E-state index contributed by atoms with van der Waals surface area (Å²) in [5.41, 5.74) is 9.29. The molecule has 0 unspecified atom stereocenters. The van der Waals surface area contributed by atoms with Crippen LogP contribution in [0.25, 0.3) is 5.65 Å². The lowest BCUT2D eigenvalue weighted by Gasteiger charge is -2.21. The average Bonchev–Trinajstić information content (AvgIpc) is 3.47. The second kappa shape index (κ2) is 7.92. The number of pyridine rings is 1. The molecule has 0 saturated carbocycles. The summed E-state index contributed by atoms with van der Waals surface area (Å²) in [6, 6.07) is 20.4. The number of para-hydroxylation sites is 2. The first-order chi connectivity index (χ1) is 15.2. The number of imidazole rings is 1. The number of nitrogens with one attached hydrogen (secondary N) is 1. The van der Waals surface area contributed by atoms with Crippen molar-refractivity contribution in [3.63, 3.8) is 0 Å². The van der Waals surface area contributed by atoms with E-state index in [-0.39, 0.29) is 5.91 Å². The van der Waals surface area contributed by atoms with Gasteiger partial charge in [0.2, 0.25) is 0 Å². The van der Waals surface area contributed by atoms with E-state index >= 15 is 0 Å². The van der Waals surface area contributed by atoms with Crippen LogP contribution in [0, 0.1) is 0 Å². The minimum absolute atomic E-state index is 0.222. The fraction of sp³-hybridized carbons (Fsp3) is 0. The van der Waals surface area contributed by atoms with Crippen LogP contribution in [0.1, 0.15) is 10.4 Å². The molecule has 5 aromatic rings. The third-order valence-electron chi connectivity index (χ3n) is 4.83. The van der Waals surface area contributed by atoms with Crippen molar-refractivity contribution in [2.24, 2.45) is 0 Å². The second-order valence-electron chi connectivity index (χ2n) is 6.78. The second-order valence-corrected chi connectivity index (χ2v) is 7.66. The summed E-state index contributed by atoms with van der Waals surface area (Å²) < 4.78 is 2.00. The maximum atomic E-state index is 12.7. The molecule has 1 amide bonds. The highest BCUT2D eigenvalue weighted by Gasteiger charge is 2.19. The lowest BCUT2D eigenvalue weighted by Crippen LogP contribution is -2.14. The number of anilines is 5. The van der Waals surface area contributed by atoms with Gasteiger partial charge in [-0.2, -0.15) is 0 Å². The van der Waals surface area contributed by atoms with Gasteiger partial charge < -0.3 is 11.1 Å². The van der Waals surface area contributed by atoms with Gasteiger partial charge in [0, 0.05) is 29.0 Å². The summed E-state index contributed by atoms with van der Waals surface area (Å²) in [6.45, 7) is 0. The Labute approximate surface area is 182 Å². The SMILES string of the molecule is Nc1ccccc1NC(=O)c1ccc(N(c2nccs2)c2cnc3ccccn23)cc1. The predicted molar refractivity (Wildman–Crippen MR) is 124 cm³/mol. The molecular weight excluding hydrogens is 408 g/mol. The first-order valence-corrected chi connectivity index (χ1v) is 10.5. The van der Waals surface area contributed by atoms with Crippen molar-refractivity contribution >= 4 is 50.9 Å². The minimum atomic E-state index is -0.222. The van der Waals surface area contributed by atoms with Crippen LogP contribution in [-0.2, 0) is 0 Å². The van der Waals surface area contributed by atoms with Gasteiger partial charge >= 0.3 is 0 Å². The van der Waals surface area contributed by atoms with E-state index in [1.807, 2.05) is 69.5 Å². The molecule has 0 aliphatic carbocycles. The van der Waals surface area contributed by atoms with Crippen LogP contribution < -0.4 is 16.0 Å². The maximum Gasteiger partial charge on any atom is 0.255 e. The van der Waals surface area contributed by atoms with E-state index in [9.17, 15) is 4.79 Å². The quantitative estimate of drug-likeness (QED) is 0.382. The molecule has 5 rings (SSSR count). The summed E-state index contributed by atoms with van der Waals surface area (Å²) in [5.74, 6) is 0.639. The van der Waals surface area contributed by atoms with Crippen molar-refractivity contribution in [2.75, 3.05) is 16.0 Å². The van der Waals surface area contributed by atoms with Crippen LogP contribution in [-0.4, -0.2) is 20.3 Å². The number of nitrogens with two attached hydrogens (primary N) is 1. The average molecular weight is 427 g/mol. The van der Waals surface area contributed by atoms with Crippen molar-refractivity contribution in [3.05, 3.63) is 96.3 Å². The number of hydrogen-bond donors (Lipinski definition) is 2. The molecular formula is C23H18N6OS. The summed E-state index contributed by atoms with van der Waals surface area (Å²) >= 11 is 1.53. The van der Waals surface area contributed by atoms with Crippen LogP contribution in [0.15, 0.2) is 90.7 Å². The standard InChI is InChI=1S/C23H18N6OS/c24-18-5-1-2-6-19(18)27-22(30)16-8-10-17(11-9-16)29(23-25-12-14-31-23)21-15-26-20-7-3-4-13-28(20)21/h1-15H,24H2,(H,27,30). The molecule has 152 valence electrons. The Kier molecular flexibility index (Phi) is 4.81. The van der Waals surface area contributed by atoms with Crippen LogP contribution in [0.2, 0.25) is 0 Å². The van der Waals surface area contributed by atoms with Crippen LogP contribution >= 0.6 is 11.3 Å². The van der Waals surface area contributed by atoms with Gasteiger partial charge in [-0.05, 0) is 48.5 Å². The molecule has 0 atom stereocenters. The Morgan fingerprint density at radius 1 is 1.00 bits per heavy atom. The highest BCUT2D eigenvalue weighted by atomic mass is 32.1. The number of nitrogens with zero attached hydrogens (tertiary/aromatic N) is 4. The first kappa shape index (κ1) is 18.8. The van der Waals surface area contributed by atoms with Gasteiger partial charge in [-0.25, -0.2) is 9.97 Å². The molecule has 31 heavy (non-hydrogen) atoms. The Bertz CT molecular complexity index is 1340. The zero-order valence-corrected chi connectivity index (χ0v) is 17.2. The van der Waals surface area contributed by atoms with E-state index < -0.39 is 0 Å². The van der Waals surface area contributed by atoms with E-state index in [1.165, 1.54) is 11.3 Å². The Hall–Kier alpha value is -4.17. The number of benzene rings is 2. The molecule has 0 radical (unpaired) electrons. The lowest BCUT2D eigenvalue weighted by atomic mass is 10.1. The van der Waals surface area contributed by atoms with Gasteiger partial charge in [-0.3, -0.25) is 14.1 Å². The molecule has 3 aromatic heterocycles. The van der Waals surface area contributed by atoms with Crippen molar-refractivity contribution in [1.82, 2.24) is 14.4 Å². The Balaban J connectivity index is 1.48. The van der Waals surface area contributed by atoms with E-state index in [2.05, 4.69) is 15.3 Å². The van der Waals surface area contributed by atoms with Crippen molar-refractivity contribution in [1.29, 1.82) is 0 Å². The molecule has 2 aromatic carbocycles. The summed E-state index contributed by atoms with van der Waals surface area (Å²) in [6.07, 6.45) is 5.54. The molecule has 0 fully saturated rings. The Morgan fingerprint density at radius 2 is 1.81 bits per heavy atom. The minimum Gasteiger partial charge on any atom is -0.397 e. The number of fused-ring (bicyclic) bond motifs is 1. The largest absolute Gasteiger partial charge is 0.397 e. The molecule has 8 heteroatoms. The van der Waals surface area contributed by atoms with Crippen molar-refractivity contribution in [2.45, 2.75) is 0 Å². The number of rotatable bonds is 5. The summed E-state index contributed by atoms with van der Waals surface area (Å²) in [4.78, 5) is 23.7. The predicted octanol–water partition coefficient (Wildman–Crippen LogP) is 5.10. The summed E-state index contributed by atoms with van der Waals surface area (Å²) in [7, 11) is 0. The zero-order chi connectivity index (χ0) is 21.2. The first-order valence-electron chi connectivity index (χ1n) is 9.58. The monoisotopic (exact) mass is 426 g/mol. The van der Waals surface area contributed by atoms with E-state index in [0.29, 0.717) is 16.9 Å². The highest BCUT2D eigenvalue weighted by Crippen LogP contribution is 2.36. The number of thiazole rings is 1. The zero-order valence-electron chi connectivity index (χ0n) is 16.3. The van der Waals surface area contributed by atoms with Gasteiger partial charge in [-0.1, -0.05) is 18.2 Å². The fourth-order valence-electron chi connectivity index (χ4n) is 3.32. The normalized spacial score (nSPS) is 10.8. The Morgan fingerprint density at radius 3 is 2.58 bits per heavy atom. The lowest BCUT2D eigenvalue weighted by molar-refractivity contribution is 0.102. The molecule has 0 bridgehead atoms. The molecule has 0 saturated heterocycles. The third-order valence-corrected chi connectivity index (χ3v) is 5.59. The number of hydrogen-bond acceptors (Lipinski definition) is 6.